The number of nitrogens with zero attached hydrogens (tertiary/aromatic N) is 2. The van der Waals surface area contributed by atoms with Crippen molar-refractivity contribution in [3.63, 3.8) is 0 Å². The highest BCUT2D eigenvalue weighted by Crippen LogP contribution is 2.32. The van der Waals surface area contributed by atoms with Gasteiger partial charge in [-0.15, -0.1) is 10.2 Å². The Hall–Kier alpha value is -3.20. The SMILES string of the molecule is Cc1cccc(OCc2nnc(SCC(=O)NCc3ccc4c(c3)OCO4)o2)c1. The smallest absolute Gasteiger partial charge is 0.277 e. The van der Waals surface area contributed by atoms with E-state index in [1.807, 2.05) is 49.4 Å². The summed E-state index contributed by atoms with van der Waals surface area (Å²) in [5.41, 5.74) is 2.04. The van der Waals surface area contributed by atoms with E-state index in [-0.39, 0.29) is 25.1 Å². The fourth-order valence-corrected chi connectivity index (χ4v) is 3.25. The van der Waals surface area contributed by atoms with Gasteiger partial charge in [0.05, 0.1) is 5.75 Å². The van der Waals surface area contributed by atoms with Crippen LogP contribution in [0.2, 0.25) is 0 Å². The van der Waals surface area contributed by atoms with Crippen molar-refractivity contribution in [1.29, 1.82) is 0 Å². The number of fused-ring (bicyclic) bond motifs is 1. The number of hydrogen-bond acceptors (Lipinski definition) is 8. The standard InChI is InChI=1S/C20H19N3O5S/c1-13-3-2-4-15(7-13)25-10-19-22-23-20(28-19)29-11-18(24)21-9-14-5-6-16-17(8-14)27-12-26-16/h2-8H,9-12H2,1H3,(H,21,24). The summed E-state index contributed by atoms with van der Waals surface area (Å²) >= 11 is 1.18. The average Bonchev–Trinajstić information content (AvgIpc) is 3.38. The topological polar surface area (TPSA) is 95.7 Å². The van der Waals surface area contributed by atoms with E-state index in [0.717, 1.165) is 16.9 Å². The number of hydrogen-bond donors (Lipinski definition) is 1. The first-order valence-corrected chi connectivity index (χ1v) is 9.94. The Morgan fingerprint density at radius 3 is 2.97 bits per heavy atom. The molecule has 0 radical (unpaired) electrons. The van der Waals surface area contributed by atoms with Gasteiger partial charge in [-0.3, -0.25) is 4.79 Å². The monoisotopic (exact) mass is 413 g/mol. The van der Waals surface area contributed by atoms with Gasteiger partial charge in [0.15, 0.2) is 18.1 Å². The summed E-state index contributed by atoms with van der Waals surface area (Å²) in [6.45, 7) is 2.79. The van der Waals surface area contributed by atoms with Gasteiger partial charge in [-0.1, -0.05) is 30.0 Å². The highest BCUT2D eigenvalue weighted by molar-refractivity contribution is 7.99. The van der Waals surface area contributed by atoms with Crippen molar-refractivity contribution >= 4 is 17.7 Å². The quantitative estimate of drug-likeness (QED) is 0.563. The Kier molecular flexibility index (Phi) is 5.85. The molecule has 2 aromatic carbocycles. The maximum atomic E-state index is 12.1. The maximum absolute atomic E-state index is 12.1. The van der Waals surface area contributed by atoms with Crippen molar-refractivity contribution in [2.45, 2.75) is 25.3 Å². The van der Waals surface area contributed by atoms with Crippen LogP contribution in [0.1, 0.15) is 17.0 Å². The van der Waals surface area contributed by atoms with E-state index >= 15 is 0 Å². The minimum Gasteiger partial charge on any atom is -0.484 e. The van der Waals surface area contributed by atoms with E-state index in [1.54, 1.807) is 0 Å². The minimum absolute atomic E-state index is 0.136. The highest BCUT2D eigenvalue weighted by Gasteiger charge is 2.14. The lowest BCUT2D eigenvalue weighted by Gasteiger charge is -2.05. The van der Waals surface area contributed by atoms with Gasteiger partial charge >= 0.3 is 0 Å². The van der Waals surface area contributed by atoms with Crippen LogP contribution in [0.5, 0.6) is 17.2 Å². The lowest BCUT2D eigenvalue weighted by molar-refractivity contribution is -0.118. The number of amides is 1. The first-order chi connectivity index (χ1) is 14.2. The lowest BCUT2D eigenvalue weighted by atomic mass is 10.2. The van der Waals surface area contributed by atoms with Crippen molar-refractivity contribution in [3.8, 4) is 17.2 Å². The molecule has 150 valence electrons. The number of carbonyl (C=O) groups is 1. The summed E-state index contributed by atoms with van der Waals surface area (Å²) in [4.78, 5) is 12.1. The van der Waals surface area contributed by atoms with E-state index in [1.165, 1.54) is 11.8 Å². The van der Waals surface area contributed by atoms with E-state index < -0.39 is 0 Å². The van der Waals surface area contributed by atoms with Crippen molar-refractivity contribution < 1.29 is 23.4 Å². The van der Waals surface area contributed by atoms with E-state index in [2.05, 4.69) is 15.5 Å². The first-order valence-electron chi connectivity index (χ1n) is 8.95. The number of thioether (sulfide) groups is 1. The third-order valence-electron chi connectivity index (χ3n) is 4.05. The van der Waals surface area contributed by atoms with Gasteiger partial charge in [-0.05, 0) is 42.3 Å². The van der Waals surface area contributed by atoms with Gasteiger partial charge in [0.25, 0.3) is 11.1 Å². The number of aryl methyl sites for hydroxylation is 1. The minimum atomic E-state index is -0.136. The molecule has 0 unspecified atom stereocenters. The van der Waals surface area contributed by atoms with Gasteiger partial charge in [0.1, 0.15) is 5.75 Å². The number of ether oxygens (including phenoxy) is 3. The molecule has 29 heavy (non-hydrogen) atoms. The number of benzene rings is 2. The predicted molar refractivity (Wildman–Crippen MR) is 105 cm³/mol. The fraction of sp³-hybridized carbons (Fsp3) is 0.250. The van der Waals surface area contributed by atoms with Gasteiger partial charge in [0, 0.05) is 6.54 Å². The van der Waals surface area contributed by atoms with Crippen LogP contribution in [0, 0.1) is 6.92 Å². The van der Waals surface area contributed by atoms with Crippen LogP contribution in [-0.4, -0.2) is 28.7 Å². The average molecular weight is 413 g/mol. The summed E-state index contributed by atoms with van der Waals surface area (Å²) in [5, 5.41) is 11.0. The molecule has 1 aliphatic rings. The van der Waals surface area contributed by atoms with Crippen LogP contribution in [0.15, 0.2) is 52.1 Å². The molecule has 1 aromatic heterocycles. The molecule has 0 saturated heterocycles. The van der Waals surface area contributed by atoms with E-state index in [0.29, 0.717) is 29.2 Å². The number of nitrogens with one attached hydrogen (secondary N) is 1. The molecule has 8 nitrogen and oxygen atoms in total. The molecule has 0 saturated carbocycles. The number of carbonyl (C=O) groups excluding carboxylic acids is 1. The molecular weight excluding hydrogens is 394 g/mol. The number of aromatic nitrogens is 2. The summed E-state index contributed by atoms with van der Waals surface area (Å²) in [6, 6.07) is 13.3. The molecular formula is C20H19N3O5S. The zero-order chi connectivity index (χ0) is 20.1. The van der Waals surface area contributed by atoms with Crippen molar-refractivity contribution in [2.24, 2.45) is 0 Å². The Labute approximate surface area is 171 Å². The molecule has 1 amide bonds. The Morgan fingerprint density at radius 2 is 2.07 bits per heavy atom. The van der Waals surface area contributed by atoms with Crippen LogP contribution in [0.3, 0.4) is 0 Å². The van der Waals surface area contributed by atoms with Gasteiger partial charge in [-0.25, -0.2) is 0 Å². The first kappa shape index (κ1) is 19.1. The van der Waals surface area contributed by atoms with Crippen LogP contribution in [-0.2, 0) is 17.9 Å². The molecule has 1 N–H and O–H groups in total. The second-order valence-electron chi connectivity index (χ2n) is 6.32. The third-order valence-corrected chi connectivity index (χ3v) is 4.87. The normalized spacial score (nSPS) is 12.0. The van der Waals surface area contributed by atoms with Gasteiger partial charge in [0.2, 0.25) is 12.7 Å². The molecule has 3 aromatic rings. The predicted octanol–water partition coefficient (Wildman–Crippen LogP) is 3.09. The number of rotatable bonds is 8. The molecule has 0 atom stereocenters. The van der Waals surface area contributed by atoms with Crippen molar-refractivity contribution in [2.75, 3.05) is 12.5 Å². The van der Waals surface area contributed by atoms with Crippen LogP contribution >= 0.6 is 11.8 Å². The van der Waals surface area contributed by atoms with Crippen LogP contribution in [0.4, 0.5) is 0 Å². The molecule has 0 bridgehead atoms. The zero-order valence-electron chi connectivity index (χ0n) is 15.7. The third kappa shape index (κ3) is 5.20. The van der Waals surface area contributed by atoms with E-state index in [9.17, 15) is 4.79 Å². The Balaban J connectivity index is 1.20. The van der Waals surface area contributed by atoms with Crippen LogP contribution < -0.4 is 19.5 Å². The molecule has 4 rings (SSSR count). The van der Waals surface area contributed by atoms with Gasteiger partial charge < -0.3 is 23.9 Å². The largest absolute Gasteiger partial charge is 0.484 e. The van der Waals surface area contributed by atoms with Crippen molar-refractivity contribution in [3.05, 3.63) is 59.5 Å². The summed E-state index contributed by atoms with van der Waals surface area (Å²) in [7, 11) is 0. The van der Waals surface area contributed by atoms with Crippen LogP contribution in [0.25, 0.3) is 0 Å². The summed E-state index contributed by atoms with van der Waals surface area (Å²) in [5.74, 6) is 2.54. The second kappa shape index (κ2) is 8.87. The molecule has 1 aliphatic heterocycles. The van der Waals surface area contributed by atoms with Crippen molar-refractivity contribution in [1.82, 2.24) is 15.5 Å². The molecule has 0 fully saturated rings. The highest BCUT2D eigenvalue weighted by atomic mass is 32.2. The fourth-order valence-electron chi connectivity index (χ4n) is 2.63. The zero-order valence-corrected chi connectivity index (χ0v) is 16.5. The second-order valence-corrected chi connectivity index (χ2v) is 7.25. The van der Waals surface area contributed by atoms with E-state index in [4.69, 9.17) is 18.6 Å². The molecule has 9 heteroatoms. The Bertz CT molecular complexity index is 1010. The lowest BCUT2D eigenvalue weighted by Crippen LogP contribution is -2.24. The molecule has 0 spiro atoms. The maximum Gasteiger partial charge on any atom is 0.277 e. The van der Waals surface area contributed by atoms with Gasteiger partial charge in [-0.2, -0.15) is 0 Å². The Morgan fingerprint density at radius 1 is 1.17 bits per heavy atom. The summed E-state index contributed by atoms with van der Waals surface area (Å²) < 4.78 is 21.7. The summed E-state index contributed by atoms with van der Waals surface area (Å²) in [6.07, 6.45) is 0. The molecule has 0 aliphatic carbocycles. The molecule has 2 heterocycles.